The van der Waals surface area contributed by atoms with Crippen LogP contribution in [0.15, 0.2) is 18.3 Å². The van der Waals surface area contributed by atoms with Gasteiger partial charge in [-0.1, -0.05) is 0 Å². The number of likely N-dealkylation sites (tertiary alicyclic amines) is 1. The summed E-state index contributed by atoms with van der Waals surface area (Å²) in [6.45, 7) is 6.75. The molecule has 6 heteroatoms. The van der Waals surface area contributed by atoms with Crippen molar-refractivity contribution in [3.63, 3.8) is 0 Å². The number of piperidine rings is 1. The number of carbonyl (C=O) groups is 1. The van der Waals surface area contributed by atoms with E-state index in [9.17, 15) is 4.79 Å². The summed E-state index contributed by atoms with van der Waals surface area (Å²) in [6.07, 6.45) is 2.97. The predicted molar refractivity (Wildman–Crippen MR) is 80.1 cm³/mol. The highest BCUT2D eigenvalue weighted by atomic mass is 16.6. The van der Waals surface area contributed by atoms with E-state index in [1.54, 1.807) is 23.2 Å². The van der Waals surface area contributed by atoms with Gasteiger partial charge in [-0.15, -0.1) is 0 Å². The number of anilines is 1. The van der Waals surface area contributed by atoms with Gasteiger partial charge in [-0.2, -0.15) is 0 Å². The highest BCUT2D eigenvalue weighted by molar-refractivity contribution is 5.68. The molecule has 1 aliphatic rings. The number of amides is 1. The molecule has 1 saturated heterocycles. The third kappa shape index (κ3) is 4.51. The third-order valence-electron chi connectivity index (χ3n) is 3.11. The monoisotopic (exact) mass is 293 g/mol. The summed E-state index contributed by atoms with van der Waals surface area (Å²) in [5, 5.41) is 0. The van der Waals surface area contributed by atoms with Crippen molar-refractivity contribution in [2.45, 2.75) is 45.3 Å². The van der Waals surface area contributed by atoms with Crippen LogP contribution in [-0.2, 0) is 4.74 Å². The number of pyridine rings is 1. The van der Waals surface area contributed by atoms with Gasteiger partial charge in [0.1, 0.15) is 11.7 Å². The summed E-state index contributed by atoms with van der Waals surface area (Å²) in [4.78, 5) is 17.9. The van der Waals surface area contributed by atoms with E-state index in [1.807, 2.05) is 20.8 Å². The van der Waals surface area contributed by atoms with Crippen LogP contribution in [0.4, 0.5) is 10.5 Å². The van der Waals surface area contributed by atoms with E-state index in [1.165, 1.54) is 0 Å². The average Bonchev–Trinajstić information content (AvgIpc) is 2.40. The van der Waals surface area contributed by atoms with Crippen LogP contribution in [0.1, 0.15) is 33.6 Å². The third-order valence-corrected chi connectivity index (χ3v) is 3.11. The second kappa shape index (κ2) is 6.20. The van der Waals surface area contributed by atoms with Crippen LogP contribution in [0.2, 0.25) is 0 Å². The first kappa shape index (κ1) is 15.4. The molecule has 116 valence electrons. The number of nitrogen functional groups attached to an aromatic ring is 1. The molecule has 2 heterocycles. The molecule has 6 nitrogen and oxygen atoms in total. The van der Waals surface area contributed by atoms with Crippen LogP contribution in [0.3, 0.4) is 0 Å². The molecular weight excluding hydrogens is 270 g/mol. The van der Waals surface area contributed by atoms with Crippen molar-refractivity contribution in [2.75, 3.05) is 18.8 Å². The highest BCUT2D eigenvalue weighted by Gasteiger charge is 2.28. The SMILES string of the molecule is CC(C)(C)OC(=O)N1CCCC(Oc2ncccc2N)C1. The number of nitrogens with two attached hydrogens (primary N) is 1. The van der Waals surface area contributed by atoms with E-state index in [4.69, 9.17) is 15.2 Å². The summed E-state index contributed by atoms with van der Waals surface area (Å²) in [5.74, 6) is 0.425. The lowest BCUT2D eigenvalue weighted by Gasteiger charge is -2.34. The molecule has 1 amide bonds. The van der Waals surface area contributed by atoms with E-state index in [0.29, 0.717) is 24.7 Å². The minimum atomic E-state index is -0.490. The Balaban J connectivity index is 1.95. The zero-order valence-corrected chi connectivity index (χ0v) is 12.8. The quantitative estimate of drug-likeness (QED) is 0.906. The molecule has 1 fully saturated rings. The molecule has 2 rings (SSSR count). The first-order chi connectivity index (χ1) is 9.85. The summed E-state index contributed by atoms with van der Waals surface area (Å²) >= 11 is 0. The lowest BCUT2D eigenvalue weighted by atomic mass is 10.1. The van der Waals surface area contributed by atoms with Gasteiger partial charge in [0.05, 0.1) is 12.2 Å². The summed E-state index contributed by atoms with van der Waals surface area (Å²) < 4.78 is 11.2. The number of hydrogen-bond donors (Lipinski definition) is 1. The lowest BCUT2D eigenvalue weighted by molar-refractivity contribution is 0.00733. The minimum Gasteiger partial charge on any atom is -0.471 e. The first-order valence-electron chi connectivity index (χ1n) is 7.20. The molecule has 1 unspecified atom stereocenters. The van der Waals surface area contributed by atoms with Crippen LogP contribution in [-0.4, -0.2) is 40.8 Å². The van der Waals surface area contributed by atoms with E-state index < -0.39 is 5.60 Å². The molecular formula is C15H23N3O3. The van der Waals surface area contributed by atoms with Gasteiger partial charge < -0.3 is 20.1 Å². The highest BCUT2D eigenvalue weighted by Crippen LogP contribution is 2.22. The average molecular weight is 293 g/mol. The van der Waals surface area contributed by atoms with Gasteiger partial charge in [-0.25, -0.2) is 9.78 Å². The molecule has 0 spiro atoms. The van der Waals surface area contributed by atoms with Gasteiger partial charge in [-0.3, -0.25) is 0 Å². The predicted octanol–water partition coefficient (Wildman–Crippen LogP) is 2.44. The number of carbonyl (C=O) groups excluding carboxylic acids is 1. The lowest BCUT2D eigenvalue weighted by Crippen LogP contribution is -2.46. The maximum atomic E-state index is 12.1. The van der Waals surface area contributed by atoms with Gasteiger partial charge in [0.2, 0.25) is 5.88 Å². The number of aromatic nitrogens is 1. The second-order valence-electron chi connectivity index (χ2n) is 6.21. The van der Waals surface area contributed by atoms with Crippen molar-refractivity contribution in [3.8, 4) is 5.88 Å². The van der Waals surface area contributed by atoms with E-state index in [0.717, 1.165) is 12.8 Å². The molecule has 1 aromatic heterocycles. The van der Waals surface area contributed by atoms with Crippen LogP contribution < -0.4 is 10.5 Å². The van der Waals surface area contributed by atoms with Crippen molar-refractivity contribution in [3.05, 3.63) is 18.3 Å². The zero-order valence-electron chi connectivity index (χ0n) is 12.8. The molecule has 0 radical (unpaired) electrons. The maximum Gasteiger partial charge on any atom is 0.410 e. The Labute approximate surface area is 125 Å². The first-order valence-corrected chi connectivity index (χ1v) is 7.20. The van der Waals surface area contributed by atoms with E-state index in [2.05, 4.69) is 4.98 Å². The fourth-order valence-electron chi connectivity index (χ4n) is 2.19. The standard InChI is InChI=1S/C15H23N3O3/c1-15(2,3)21-14(19)18-9-5-6-11(10-18)20-13-12(16)7-4-8-17-13/h4,7-8,11H,5-6,9-10,16H2,1-3H3. The molecule has 1 atom stereocenters. The number of nitrogens with zero attached hydrogens (tertiary/aromatic N) is 2. The van der Waals surface area contributed by atoms with Crippen LogP contribution in [0.25, 0.3) is 0 Å². The van der Waals surface area contributed by atoms with E-state index in [-0.39, 0.29) is 12.2 Å². The van der Waals surface area contributed by atoms with Crippen LogP contribution in [0.5, 0.6) is 5.88 Å². The number of rotatable bonds is 2. The normalized spacial score (nSPS) is 19.2. The Morgan fingerprint density at radius 1 is 1.48 bits per heavy atom. The van der Waals surface area contributed by atoms with Gasteiger partial charge in [0.15, 0.2) is 0 Å². The summed E-state index contributed by atoms with van der Waals surface area (Å²) in [6, 6.07) is 3.51. The Hall–Kier alpha value is -1.98. The van der Waals surface area contributed by atoms with Crippen LogP contribution >= 0.6 is 0 Å². The van der Waals surface area contributed by atoms with Crippen molar-refractivity contribution < 1.29 is 14.3 Å². The number of ether oxygens (including phenoxy) is 2. The molecule has 1 aromatic rings. The molecule has 2 N–H and O–H groups in total. The van der Waals surface area contributed by atoms with Crippen molar-refractivity contribution in [1.82, 2.24) is 9.88 Å². The van der Waals surface area contributed by atoms with Crippen molar-refractivity contribution >= 4 is 11.8 Å². The topological polar surface area (TPSA) is 77.7 Å². The Bertz CT molecular complexity index is 499. The summed E-state index contributed by atoms with van der Waals surface area (Å²) in [7, 11) is 0. The van der Waals surface area contributed by atoms with Crippen LogP contribution in [0, 0.1) is 0 Å². The summed E-state index contributed by atoms with van der Waals surface area (Å²) in [5.41, 5.74) is 5.84. The van der Waals surface area contributed by atoms with Gasteiger partial charge in [-0.05, 0) is 45.7 Å². The zero-order chi connectivity index (χ0) is 15.5. The Morgan fingerprint density at radius 2 is 2.24 bits per heavy atom. The number of hydrogen-bond acceptors (Lipinski definition) is 5. The molecule has 0 aromatic carbocycles. The minimum absolute atomic E-state index is 0.108. The second-order valence-corrected chi connectivity index (χ2v) is 6.21. The molecule has 0 aliphatic carbocycles. The molecule has 1 aliphatic heterocycles. The Morgan fingerprint density at radius 3 is 2.90 bits per heavy atom. The largest absolute Gasteiger partial charge is 0.471 e. The maximum absolute atomic E-state index is 12.1. The molecule has 0 bridgehead atoms. The Kier molecular flexibility index (Phi) is 4.55. The fourth-order valence-corrected chi connectivity index (χ4v) is 2.19. The van der Waals surface area contributed by atoms with Crippen molar-refractivity contribution in [2.24, 2.45) is 0 Å². The fraction of sp³-hybridized carbons (Fsp3) is 0.600. The molecule has 21 heavy (non-hydrogen) atoms. The van der Waals surface area contributed by atoms with E-state index >= 15 is 0 Å². The smallest absolute Gasteiger partial charge is 0.410 e. The van der Waals surface area contributed by atoms with Gasteiger partial charge >= 0.3 is 6.09 Å². The van der Waals surface area contributed by atoms with Gasteiger partial charge in [0, 0.05) is 12.7 Å². The molecule has 0 saturated carbocycles. The van der Waals surface area contributed by atoms with Crippen molar-refractivity contribution in [1.29, 1.82) is 0 Å². The van der Waals surface area contributed by atoms with Gasteiger partial charge in [0.25, 0.3) is 0 Å².